The molecule has 2 aromatic rings. The summed E-state index contributed by atoms with van der Waals surface area (Å²) in [5, 5.41) is 8.91. The number of fused-ring (bicyclic) bond motifs is 4. The predicted octanol–water partition coefficient (Wildman–Crippen LogP) is 2.67. The van der Waals surface area contributed by atoms with E-state index in [1.54, 1.807) is 0 Å². The number of hydrogen-bond donors (Lipinski definition) is 2. The van der Waals surface area contributed by atoms with Crippen LogP contribution in [0.3, 0.4) is 0 Å². The molecule has 150 valence electrons. The Hall–Kier alpha value is -2.65. The first kappa shape index (κ1) is 18.4. The number of allylic oxidation sites excluding steroid dienone is 2. The van der Waals surface area contributed by atoms with Crippen LogP contribution >= 0.6 is 11.8 Å². The van der Waals surface area contributed by atoms with Crippen LogP contribution < -0.4 is 16.1 Å². The number of rotatable bonds is 3. The van der Waals surface area contributed by atoms with Crippen molar-refractivity contribution in [2.24, 2.45) is 11.7 Å². The molecular weight excluding hydrogens is 400 g/mol. The van der Waals surface area contributed by atoms with E-state index in [1.807, 2.05) is 29.2 Å². The highest BCUT2D eigenvalue weighted by Crippen LogP contribution is 2.47. The van der Waals surface area contributed by atoms with Crippen LogP contribution in [0.5, 0.6) is 0 Å². The Morgan fingerprint density at radius 3 is 2.86 bits per heavy atom. The number of thioether (sulfide) groups is 1. The zero-order valence-electron chi connectivity index (χ0n) is 15.1. The number of carbonyl (C=O) groups is 1. The minimum Gasteiger partial charge on any atom is -0.477 e. The maximum Gasteiger partial charge on any atom is 0.342 e. The van der Waals surface area contributed by atoms with Crippen molar-refractivity contribution in [3.63, 3.8) is 0 Å². The van der Waals surface area contributed by atoms with Crippen molar-refractivity contribution in [3.05, 3.63) is 58.0 Å². The lowest BCUT2D eigenvalue weighted by atomic mass is 9.85. The molecule has 3 N–H and O–H groups in total. The van der Waals surface area contributed by atoms with Gasteiger partial charge in [-0.2, -0.15) is 0 Å². The van der Waals surface area contributed by atoms with E-state index < -0.39 is 40.4 Å². The van der Waals surface area contributed by atoms with Crippen molar-refractivity contribution >= 4 is 34.3 Å². The molecule has 1 aromatic heterocycles. The zero-order valence-corrected chi connectivity index (χ0v) is 16.0. The molecule has 1 aliphatic carbocycles. The summed E-state index contributed by atoms with van der Waals surface area (Å²) in [6.45, 7) is 0.173. The van der Waals surface area contributed by atoms with Crippen molar-refractivity contribution in [2.75, 3.05) is 24.7 Å². The Balaban J connectivity index is 1.69. The van der Waals surface area contributed by atoms with E-state index in [4.69, 9.17) is 5.73 Å². The highest BCUT2D eigenvalue weighted by Gasteiger charge is 2.42. The maximum absolute atomic E-state index is 15.0. The van der Waals surface area contributed by atoms with E-state index >= 15 is 4.39 Å². The minimum atomic E-state index is -1.40. The average Bonchev–Trinajstić information content (AvgIpc) is 3.01. The van der Waals surface area contributed by atoms with Crippen LogP contribution in [0.25, 0.3) is 10.9 Å². The van der Waals surface area contributed by atoms with E-state index in [2.05, 4.69) is 0 Å². The van der Waals surface area contributed by atoms with Crippen LogP contribution in [0.4, 0.5) is 14.5 Å². The molecule has 6 nitrogen and oxygen atoms in total. The minimum absolute atomic E-state index is 0.0248. The van der Waals surface area contributed by atoms with Gasteiger partial charge in [-0.15, -0.1) is 0 Å². The number of nitrogens with two attached hydrogens (primary N) is 1. The summed E-state index contributed by atoms with van der Waals surface area (Å²) in [6.07, 6.45) is 7.68. The van der Waals surface area contributed by atoms with Gasteiger partial charge in [0.25, 0.3) is 0 Å². The first-order valence-electron chi connectivity index (χ1n) is 9.11. The topological polar surface area (TPSA) is 88.6 Å². The normalized spacial score (nSPS) is 27.1. The number of aromatic carboxylic acids is 1. The largest absolute Gasteiger partial charge is 0.477 e. The number of anilines is 1. The van der Waals surface area contributed by atoms with Gasteiger partial charge in [0.15, 0.2) is 0 Å². The van der Waals surface area contributed by atoms with E-state index in [0.717, 1.165) is 17.8 Å². The second-order valence-electron chi connectivity index (χ2n) is 7.58. The summed E-state index contributed by atoms with van der Waals surface area (Å²) in [7, 11) is 0. The fourth-order valence-corrected chi connectivity index (χ4v) is 5.53. The Labute approximate surface area is 168 Å². The summed E-state index contributed by atoms with van der Waals surface area (Å²) in [4.78, 5) is 26.1. The highest BCUT2D eigenvalue weighted by molar-refractivity contribution is 8.00. The molecule has 0 spiro atoms. The van der Waals surface area contributed by atoms with Crippen molar-refractivity contribution in [1.29, 1.82) is 0 Å². The van der Waals surface area contributed by atoms with Crippen LogP contribution in [0.2, 0.25) is 0 Å². The number of halogens is 2. The lowest BCUT2D eigenvalue weighted by Crippen LogP contribution is -2.46. The smallest absolute Gasteiger partial charge is 0.342 e. The van der Waals surface area contributed by atoms with Crippen LogP contribution in [0, 0.1) is 11.7 Å². The number of alkyl halides is 1. The van der Waals surface area contributed by atoms with E-state index in [1.165, 1.54) is 10.6 Å². The van der Waals surface area contributed by atoms with Crippen molar-refractivity contribution < 1.29 is 18.7 Å². The van der Waals surface area contributed by atoms with E-state index in [9.17, 15) is 19.1 Å². The monoisotopic (exact) mass is 417 g/mol. The van der Waals surface area contributed by atoms with Crippen LogP contribution in [0.1, 0.15) is 15.7 Å². The van der Waals surface area contributed by atoms with Gasteiger partial charge in [-0.05, 0) is 12.1 Å². The molecule has 5 rings (SSSR count). The van der Waals surface area contributed by atoms with Gasteiger partial charge in [-0.1, -0.05) is 36.1 Å². The van der Waals surface area contributed by atoms with Gasteiger partial charge in [-0.25, -0.2) is 13.6 Å². The fraction of sp³-hybridized carbons (Fsp3) is 0.300. The van der Waals surface area contributed by atoms with Gasteiger partial charge >= 0.3 is 5.97 Å². The van der Waals surface area contributed by atoms with Gasteiger partial charge in [0.2, 0.25) is 5.43 Å². The zero-order chi connectivity index (χ0) is 20.5. The van der Waals surface area contributed by atoms with Crippen LogP contribution in [-0.2, 0) is 0 Å². The number of carboxylic acids is 1. The molecule has 29 heavy (non-hydrogen) atoms. The summed E-state index contributed by atoms with van der Waals surface area (Å²) in [5.41, 5.74) is 5.26. The molecule has 9 heteroatoms. The van der Waals surface area contributed by atoms with Gasteiger partial charge in [0, 0.05) is 24.4 Å². The predicted molar refractivity (Wildman–Crippen MR) is 107 cm³/mol. The quantitative estimate of drug-likeness (QED) is 0.798. The number of aromatic nitrogens is 1. The Morgan fingerprint density at radius 2 is 2.17 bits per heavy atom. The lowest BCUT2D eigenvalue weighted by molar-refractivity contribution is 0.0689. The van der Waals surface area contributed by atoms with Crippen LogP contribution in [-0.4, -0.2) is 40.9 Å². The van der Waals surface area contributed by atoms with Crippen molar-refractivity contribution in [3.8, 4) is 0 Å². The molecule has 1 aromatic carbocycles. The first-order chi connectivity index (χ1) is 13.8. The number of pyridine rings is 1. The molecule has 0 saturated carbocycles. The van der Waals surface area contributed by atoms with E-state index in [0.29, 0.717) is 18.6 Å². The molecule has 0 bridgehead atoms. The number of benzene rings is 1. The molecule has 1 saturated heterocycles. The molecule has 0 amide bonds. The molecule has 3 heterocycles. The maximum atomic E-state index is 15.0. The molecule has 3 aliphatic rings. The standard InChI is InChI=1S/C20H17F2N3O3S/c21-7-15-25-13-6-14(24-8-10-3-1-2-4-20(10,23)9-24)12(22)5-11(13)17(26)16(19(27)28)18(25)29-15/h1-6,10,15H,7-9,23H2,(H,27,28). The Kier molecular flexibility index (Phi) is 3.91. The molecule has 2 aliphatic heterocycles. The Morgan fingerprint density at radius 1 is 1.38 bits per heavy atom. The molecule has 0 radical (unpaired) electrons. The summed E-state index contributed by atoms with van der Waals surface area (Å²) < 4.78 is 29.9. The highest BCUT2D eigenvalue weighted by atomic mass is 32.2. The van der Waals surface area contributed by atoms with E-state index in [-0.39, 0.29) is 22.0 Å². The molecule has 1 fully saturated rings. The second-order valence-corrected chi connectivity index (χ2v) is 8.74. The second kappa shape index (κ2) is 6.17. The third-order valence-electron chi connectivity index (χ3n) is 5.88. The first-order valence-corrected chi connectivity index (χ1v) is 9.99. The Bertz CT molecular complexity index is 1190. The lowest BCUT2D eigenvalue weighted by Gasteiger charge is -2.34. The average molecular weight is 417 g/mol. The fourth-order valence-electron chi connectivity index (χ4n) is 4.41. The van der Waals surface area contributed by atoms with Crippen molar-refractivity contribution in [1.82, 2.24) is 4.57 Å². The number of nitrogens with zero attached hydrogens (tertiary/aromatic N) is 2. The SMILES string of the molecule is NC12C=CC=CC1CN(c1cc3c(cc1F)c(=O)c(C(=O)O)c1n3C(CF)S1)C2. The summed E-state index contributed by atoms with van der Waals surface area (Å²) in [5.74, 6) is -2.01. The number of hydrogen-bond acceptors (Lipinski definition) is 5. The third kappa shape index (κ3) is 2.50. The summed E-state index contributed by atoms with van der Waals surface area (Å²) in [6, 6.07) is 2.57. The molecule has 3 atom stereocenters. The molecular formula is C20H17F2N3O3S. The third-order valence-corrected chi connectivity index (χ3v) is 7.12. The number of carboxylic acid groups (broad SMARTS) is 1. The molecule has 3 unspecified atom stereocenters. The van der Waals surface area contributed by atoms with Crippen molar-refractivity contribution in [2.45, 2.75) is 15.9 Å². The van der Waals surface area contributed by atoms with Gasteiger partial charge < -0.3 is 20.3 Å². The van der Waals surface area contributed by atoms with Gasteiger partial charge in [0.05, 0.1) is 21.8 Å². The summed E-state index contributed by atoms with van der Waals surface area (Å²) >= 11 is 1.00. The van der Waals surface area contributed by atoms with Gasteiger partial charge in [-0.3, -0.25) is 4.79 Å². The van der Waals surface area contributed by atoms with Gasteiger partial charge in [0.1, 0.15) is 23.4 Å². The van der Waals surface area contributed by atoms with Crippen LogP contribution in [0.15, 0.2) is 46.3 Å².